The number of likely N-dealkylation sites (tertiary alicyclic amines) is 1. The third-order valence-corrected chi connectivity index (χ3v) is 5.15. The lowest BCUT2D eigenvalue weighted by atomic mass is 9.96. The summed E-state index contributed by atoms with van der Waals surface area (Å²) in [6.45, 7) is 7.28. The number of benzene rings is 2. The van der Waals surface area contributed by atoms with Crippen LogP contribution >= 0.6 is 0 Å². The molecular formula is C23H28N2O2. The van der Waals surface area contributed by atoms with Gasteiger partial charge in [-0.3, -0.25) is 9.59 Å². The molecule has 0 aromatic heterocycles. The molecule has 0 unspecified atom stereocenters. The summed E-state index contributed by atoms with van der Waals surface area (Å²) in [4.78, 5) is 27.5. The fraction of sp³-hybridized carbons (Fsp3) is 0.391. The first-order chi connectivity index (χ1) is 13.0. The number of amides is 2. The Bertz CT molecular complexity index is 824. The van der Waals surface area contributed by atoms with Crippen LogP contribution in [0.15, 0.2) is 42.5 Å². The lowest BCUT2D eigenvalue weighted by molar-refractivity contribution is -0.121. The number of carbonyl (C=O) groups is 2. The van der Waals surface area contributed by atoms with Crippen molar-refractivity contribution in [3.63, 3.8) is 0 Å². The van der Waals surface area contributed by atoms with E-state index in [0.717, 1.165) is 36.1 Å². The zero-order chi connectivity index (χ0) is 19.4. The van der Waals surface area contributed by atoms with Crippen LogP contribution in [0.3, 0.4) is 0 Å². The van der Waals surface area contributed by atoms with E-state index < -0.39 is 0 Å². The summed E-state index contributed by atoms with van der Waals surface area (Å²) in [5.41, 5.74) is 4.91. The molecular weight excluding hydrogens is 336 g/mol. The van der Waals surface area contributed by atoms with Gasteiger partial charge in [-0.15, -0.1) is 0 Å². The summed E-state index contributed by atoms with van der Waals surface area (Å²) < 4.78 is 0. The lowest BCUT2D eigenvalue weighted by Gasteiger charge is -2.32. The van der Waals surface area contributed by atoms with Crippen LogP contribution in [0, 0.1) is 19.8 Å². The van der Waals surface area contributed by atoms with Gasteiger partial charge in [0.15, 0.2) is 0 Å². The van der Waals surface area contributed by atoms with E-state index in [0.29, 0.717) is 18.7 Å². The highest BCUT2D eigenvalue weighted by Gasteiger charge is 2.29. The van der Waals surface area contributed by atoms with Crippen LogP contribution < -0.4 is 5.32 Å². The van der Waals surface area contributed by atoms with E-state index in [1.165, 1.54) is 5.56 Å². The monoisotopic (exact) mass is 364 g/mol. The van der Waals surface area contributed by atoms with Gasteiger partial charge in [-0.25, -0.2) is 0 Å². The number of nitrogens with one attached hydrogen (secondary N) is 1. The standard InChI is InChI=1S/C23H28N2O2/c1-4-18-7-5-9-21(14-18)24-22(26)19-8-6-10-25(15-19)23(27)20-12-16(2)11-17(3)13-20/h5,7,9,11-14,19H,4,6,8,10,15H2,1-3H3,(H,24,26)/t19-/m0/s1. The van der Waals surface area contributed by atoms with E-state index in [2.05, 4.69) is 24.4 Å². The maximum absolute atomic E-state index is 12.9. The molecule has 0 bridgehead atoms. The van der Waals surface area contributed by atoms with E-state index in [9.17, 15) is 9.59 Å². The second kappa shape index (κ2) is 8.38. The van der Waals surface area contributed by atoms with E-state index >= 15 is 0 Å². The molecule has 0 saturated carbocycles. The van der Waals surface area contributed by atoms with Crippen molar-refractivity contribution in [1.82, 2.24) is 4.90 Å². The molecule has 1 fully saturated rings. The summed E-state index contributed by atoms with van der Waals surface area (Å²) in [5, 5.41) is 3.03. The molecule has 3 rings (SSSR count). The average molecular weight is 364 g/mol. The van der Waals surface area contributed by atoms with Crippen molar-refractivity contribution < 1.29 is 9.59 Å². The Morgan fingerprint density at radius 3 is 2.56 bits per heavy atom. The highest BCUT2D eigenvalue weighted by molar-refractivity contribution is 5.96. The van der Waals surface area contributed by atoms with E-state index in [-0.39, 0.29) is 17.7 Å². The van der Waals surface area contributed by atoms with Gasteiger partial charge in [0.25, 0.3) is 5.91 Å². The van der Waals surface area contributed by atoms with Crippen molar-refractivity contribution >= 4 is 17.5 Å². The van der Waals surface area contributed by atoms with Crippen molar-refractivity contribution in [3.8, 4) is 0 Å². The maximum Gasteiger partial charge on any atom is 0.253 e. The fourth-order valence-electron chi connectivity index (χ4n) is 3.77. The molecule has 1 saturated heterocycles. The van der Waals surface area contributed by atoms with Gasteiger partial charge in [-0.05, 0) is 62.9 Å². The Morgan fingerprint density at radius 2 is 1.85 bits per heavy atom. The number of hydrogen-bond donors (Lipinski definition) is 1. The zero-order valence-electron chi connectivity index (χ0n) is 16.4. The van der Waals surface area contributed by atoms with Crippen LogP contribution in [0.5, 0.6) is 0 Å². The molecule has 1 N–H and O–H groups in total. The smallest absolute Gasteiger partial charge is 0.253 e. The summed E-state index contributed by atoms with van der Waals surface area (Å²) in [7, 11) is 0. The molecule has 2 aromatic carbocycles. The second-order valence-corrected chi connectivity index (χ2v) is 7.51. The number of nitrogens with zero attached hydrogens (tertiary/aromatic N) is 1. The number of rotatable bonds is 4. The summed E-state index contributed by atoms with van der Waals surface area (Å²) in [6, 6.07) is 13.9. The summed E-state index contributed by atoms with van der Waals surface area (Å²) >= 11 is 0. The molecule has 4 heteroatoms. The van der Waals surface area contributed by atoms with Crippen LogP contribution in [0.25, 0.3) is 0 Å². The fourth-order valence-corrected chi connectivity index (χ4v) is 3.77. The van der Waals surface area contributed by atoms with Gasteiger partial charge >= 0.3 is 0 Å². The van der Waals surface area contributed by atoms with E-state index in [1.807, 2.05) is 49.1 Å². The average Bonchev–Trinajstić information content (AvgIpc) is 2.67. The van der Waals surface area contributed by atoms with Crippen LogP contribution in [-0.4, -0.2) is 29.8 Å². The molecule has 0 aliphatic carbocycles. The molecule has 0 radical (unpaired) electrons. The van der Waals surface area contributed by atoms with E-state index in [1.54, 1.807) is 0 Å². The third kappa shape index (κ3) is 4.76. The van der Waals surface area contributed by atoms with Crippen LogP contribution in [-0.2, 0) is 11.2 Å². The number of piperidine rings is 1. The first-order valence-electron chi connectivity index (χ1n) is 9.73. The van der Waals surface area contributed by atoms with Crippen molar-refractivity contribution in [1.29, 1.82) is 0 Å². The van der Waals surface area contributed by atoms with Crippen LogP contribution in [0.4, 0.5) is 5.69 Å². The van der Waals surface area contributed by atoms with Crippen molar-refractivity contribution in [3.05, 3.63) is 64.7 Å². The van der Waals surface area contributed by atoms with E-state index in [4.69, 9.17) is 0 Å². The molecule has 0 spiro atoms. The molecule has 4 nitrogen and oxygen atoms in total. The third-order valence-electron chi connectivity index (χ3n) is 5.15. The predicted octanol–water partition coefficient (Wildman–Crippen LogP) is 4.36. The van der Waals surface area contributed by atoms with Crippen LogP contribution in [0.1, 0.15) is 46.8 Å². The molecule has 2 amide bonds. The molecule has 1 heterocycles. The zero-order valence-corrected chi connectivity index (χ0v) is 16.4. The highest BCUT2D eigenvalue weighted by atomic mass is 16.2. The number of hydrogen-bond acceptors (Lipinski definition) is 2. The minimum atomic E-state index is -0.168. The number of anilines is 1. The Morgan fingerprint density at radius 1 is 1.11 bits per heavy atom. The molecule has 1 atom stereocenters. The lowest BCUT2D eigenvalue weighted by Crippen LogP contribution is -2.43. The first kappa shape index (κ1) is 19.2. The van der Waals surface area contributed by atoms with Crippen molar-refractivity contribution in [2.75, 3.05) is 18.4 Å². The maximum atomic E-state index is 12.9. The summed E-state index contributed by atoms with van der Waals surface area (Å²) in [5.74, 6) is -0.146. The van der Waals surface area contributed by atoms with Gasteiger partial charge in [-0.2, -0.15) is 0 Å². The Kier molecular flexibility index (Phi) is 5.94. The predicted molar refractivity (Wildman–Crippen MR) is 109 cm³/mol. The number of carbonyl (C=O) groups excluding carboxylic acids is 2. The van der Waals surface area contributed by atoms with Gasteiger partial charge in [0.05, 0.1) is 5.92 Å². The molecule has 2 aromatic rings. The molecule has 142 valence electrons. The molecule has 27 heavy (non-hydrogen) atoms. The SMILES string of the molecule is CCc1cccc(NC(=O)[C@H]2CCCN(C(=O)c3cc(C)cc(C)c3)C2)c1. The van der Waals surface area contributed by atoms with Gasteiger partial charge in [-0.1, -0.05) is 36.2 Å². The normalized spacial score (nSPS) is 16.9. The Balaban J connectivity index is 1.67. The Labute approximate surface area is 161 Å². The van der Waals surface area contributed by atoms with Gasteiger partial charge < -0.3 is 10.2 Å². The van der Waals surface area contributed by atoms with Gasteiger partial charge in [0.1, 0.15) is 0 Å². The highest BCUT2D eigenvalue weighted by Crippen LogP contribution is 2.22. The first-order valence-corrected chi connectivity index (χ1v) is 9.73. The Hall–Kier alpha value is -2.62. The topological polar surface area (TPSA) is 49.4 Å². The quantitative estimate of drug-likeness (QED) is 0.876. The number of aryl methyl sites for hydroxylation is 3. The van der Waals surface area contributed by atoms with Gasteiger partial charge in [0, 0.05) is 24.3 Å². The summed E-state index contributed by atoms with van der Waals surface area (Å²) in [6.07, 6.45) is 2.60. The minimum absolute atomic E-state index is 0.00109. The van der Waals surface area contributed by atoms with Crippen molar-refractivity contribution in [2.45, 2.75) is 40.0 Å². The molecule has 1 aliphatic heterocycles. The van der Waals surface area contributed by atoms with Gasteiger partial charge in [0.2, 0.25) is 5.91 Å². The second-order valence-electron chi connectivity index (χ2n) is 7.51. The largest absolute Gasteiger partial charge is 0.338 e. The van der Waals surface area contributed by atoms with Crippen molar-refractivity contribution in [2.24, 2.45) is 5.92 Å². The van der Waals surface area contributed by atoms with Crippen LogP contribution in [0.2, 0.25) is 0 Å². The molecule has 1 aliphatic rings. The minimum Gasteiger partial charge on any atom is -0.338 e.